The number of carbonyl (C=O) groups excluding carboxylic acids is 5. The fraction of sp³-hybridized carbons (Fsp3) is 0.676. The summed E-state index contributed by atoms with van der Waals surface area (Å²) in [5, 5.41) is 45.1. The Balaban J connectivity index is 2.94. The predicted molar refractivity (Wildman–Crippen MR) is 201 cm³/mol. The Morgan fingerprint density at radius 2 is 1.35 bits per heavy atom. The molecule has 52 heavy (non-hydrogen) atoms. The molecule has 294 valence electrons. The number of hydrogen-bond donors (Lipinski definition) is 8. The van der Waals surface area contributed by atoms with E-state index in [2.05, 4.69) is 26.6 Å². The van der Waals surface area contributed by atoms with Crippen molar-refractivity contribution in [2.75, 3.05) is 12.0 Å². The van der Waals surface area contributed by atoms with Crippen LogP contribution >= 0.6 is 11.8 Å². The Bertz CT molecular complexity index is 1310. The van der Waals surface area contributed by atoms with Gasteiger partial charge in [-0.2, -0.15) is 11.8 Å². The van der Waals surface area contributed by atoms with Gasteiger partial charge in [-0.15, -0.1) is 0 Å². The molecule has 14 nitrogen and oxygen atoms in total. The van der Waals surface area contributed by atoms with Gasteiger partial charge in [0.25, 0.3) is 0 Å². The first-order chi connectivity index (χ1) is 24.4. The van der Waals surface area contributed by atoms with Crippen LogP contribution in [-0.2, 0) is 30.5 Å². The maximum absolute atomic E-state index is 13.2. The van der Waals surface area contributed by atoms with E-state index in [1.54, 1.807) is 26.0 Å². The quantitative estimate of drug-likeness (QED) is 0.0770. The molecule has 8 N–H and O–H groups in total. The third-order valence-corrected chi connectivity index (χ3v) is 9.36. The number of carboxylic acid groups (broad SMARTS) is 1. The predicted octanol–water partition coefficient (Wildman–Crippen LogP) is 2.35. The van der Waals surface area contributed by atoms with E-state index in [4.69, 9.17) is 5.11 Å². The van der Waals surface area contributed by atoms with Crippen LogP contribution in [0.5, 0.6) is 0 Å². The highest BCUT2D eigenvalue weighted by molar-refractivity contribution is 7.98. The van der Waals surface area contributed by atoms with Crippen LogP contribution in [0.4, 0.5) is 0 Å². The van der Waals surface area contributed by atoms with Crippen molar-refractivity contribution in [3.63, 3.8) is 0 Å². The summed E-state index contributed by atoms with van der Waals surface area (Å²) in [6.07, 6.45) is 0.413. The first kappa shape index (κ1) is 46.3. The number of carbonyl (C=O) groups is 6. The Morgan fingerprint density at radius 3 is 1.85 bits per heavy atom. The van der Waals surface area contributed by atoms with E-state index in [1.165, 1.54) is 30.8 Å². The van der Waals surface area contributed by atoms with E-state index < -0.39 is 72.4 Å². The second kappa shape index (κ2) is 23.8. The molecule has 1 aromatic rings. The minimum atomic E-state index is -1.30. The van der Waals surface area contributed by atoms with Crippen LogP contribution in [0.25, 0.3) is 0 Å². The maximum Gasteiger partial charge on any atom is 0.335 e. The third-order valence-electron chi connectivity index (χ3n) is 8.71. The van der Waals surface area contributed by atoms with Crippen molar-refractivity contribution in [3.8, 4) is 0 Å². The number of benzene rings is 1. The smallest absolute Gasteiger partial charge is 0.335 e. The number of aliphatic hydroxyl groups is 2. The van der Waals surface area contributed by atoms with E-state index in [1.807, 2.05) is 34.0 Å². The number of rotatable bonds is 24. The molecule has 0 saturated heterocycles. The third kappa shape index (κ3) is 17.7. The monoisotopic (exact) mass is 751 g/mol. The van der Waals surface area contributed by atoms with Gasteiger partial charge in [0.05, 0.1) is 42.7 Å². The molecule has 0 aliphatic carbocycles. The zero-order valence-corrected chi connectivity index (χ0v) is 32.7. The van der Waals surface area contributed by atoms with Crippen LogP contribution in [0.3, 0.4) is 0 Å². The van der Waals surface area contributed by atoms with Crippen molar-refractivity contribution in [2.24, 2.45) is 17.8 Å². The van der Waals surface area contributed by atoms with E-state index in [0.717, 1.165) is 6.42 Å². The summed E-state index contributed by atoms with van der Waals surface area (Å²) in [6.45, 7) is 12.8. The van der Waals surface area contributed by atoms with Crippen LogP contribution in [-0.4, -0.2) is 99.2 Å². The Kier molecular flexibility index (Phi) is 21.2. The summed E-state index contributed by atoms with van der Waals surface area (Å²) in [7, 11) is 0. The van der Waals surface area contributed by atoms with Gasteiger partial charge in [-0.3, -0.25) is 24.0 Å². The number of hydrogen-bond acceptors (Lipinski definition) is 9. The van der Waals surface area contributed by atoms with Gasteiger partial charge in [0.2, 0.25) is 29.5 Å². The molecule has 0 aliphatic heterocycles. The minimum Gasteiger partial charge on any atom is -0.478 e. The number of thioether (sulfide) groups is 1. The molecule has 0 fully saturated rings. The molecule has 2 unspecified atom stereocenters. The molecule has 0 heterocycles. The summed E-state index contributed by atoms with van der Waals surface area (Å²) < 4.78 is 0. The molecule has 0 spiro atoms. The average molecular weight is 752 g/mol. The van der Waals surface area contributed by atoms with Crippen molar-refractivity contribution in [3.05, 3.63) is 35.4 Å². The van der Waals surface area contributed by atoms with Crippen molar-refractivity contribution >= 4 is 47.3 Å². The normalized spacial score (nSPS) is 15.4. The van der Waals surface area contributed by atoms with Crippen molar-refractivity contribution in [1.29, 1.82) is 0 Å². The highest BCUT2D eigenvalue weighted by Crippen LogP contribution is 2.17. The Morgan fingerprint density at radius 1 is 0.769 bits per heavy atom. The first-order valence-corrected chi connectivity index (χ1v) is 19.4. The van der Waals surface area contributed by atoms with Gasteiger partial charge in [0.1, 0.15) is 12.1 Å². The molecule has 0 aromatic heterocycles. The standard InChI is InChI=1S/C37H61N5O9S/c1-9-23(6)17-28(41-35(48)29(16-21(2)3)39-24(7)43)31(45)19-32(46)40-27(14-15-52-8)30(44)18-33(47)42-34(22(4)5)36(49)38-20-25-10-12-26(13-11-25)37(50)51/h10-13,21-23,27-31,34,44-45H,9,14-20H2,1-8H3,(H,38,49)(H,39,43)(H,40,46)(H,41,48)(H,42,47)(H,50,51)/t23?,27?,28-,29-,30-,31-,34-/m0/s1. The zero-order chi connectivity index (χ0) is 39.5. The summed E-state index contributed by atoms with van der Waals surface area (Å²) in [5.41, 5.74) is 0.794. The van der Waals surface area contributed by atoms with Gasteiger partial charge in [0.15, 0.2) is 0 Å². The first-order valence-electron chi connectivity index (χ1n) is 18.0. The maximum atomic E-state index is 13.2. The molecule has 7 atom stereocenters. The molecule has 15 heteroatoms. The number of carboxylic acids is 1. The summed E-state index contributed by atoms with van der Waals surface area (Å²) >= 11 is 1.49. The zero-order valence-electron chi connectivity index (χ0n) is 31.9. The molecular formula is C37H61N5O9S. The minimum absolute atomic E-state index is 0.114. The number of amides is 5. The topological polar surface area (TPSA) is 223 Å². The number of nitrogens with one attached hydrogen (secondary N) is 5. The summed E-state index contributed by atoms with van der Waals surface area (Å²) in [5.74, 6) is -2.99. The summed E-state index contributed by atoms with van der Waals surface area (Å²) in [4.78, 5) is 75.4. The molecule has 0 radical (unpaired) electrons. The van der Waals surface area contributed by atoms with Gasteiger partial charge in [-0.25, -0.2) is 4.79 Å². The van der Waals surface area contributed by atoms with Crippen molar-refractivity contribution in [1.82, 2.24) is 26.6 Å². The van der Waals surface area contributed by atoms with Crippen molar-refractivity contribution < 1.29 is 44.1 Å². The van der Waals surface area contributed by atoms with Crippen molar-refractivity contribution in [2.45, 2.75) is 130 Å². The highest BCUT2D eigenvalue weighted by Gasteiger charge is 2.32. The van der Waals surface area contributed by atoms with E-state index in [-0.39, 0.29) is 42.2 Å². The highest BCUT2D eigenvalue weighted by atomic mass is 32.2. The number of aliphatic hydroxyl groups excluding tert-OH is 2. The second-order valence-corrected chi connectivity index (χ2v) is 15.2. The SMILES string of the molecule is CCC(C)C[C@H](NC(=O)[C@H](CC(C)C)NC(C)=O)[C@@H](O)CC(=O)NC(CCSC)[C@@H](O)CC(=O)N[C@H](C(=O)NCc1ccc(C(=O)O)cc1)C(C)C. The molecular weight excluding hydrogens is 690 g/mol. The van der Waals surface area contributed by atoms with Crippen LogP contribution in [0.15, 0.2) is 24.3 Å². The van der Waals surface area contributed by atoms with Gasteiger partial charge in [-0.05, 0) is 66.7 Å². The van der Waals surface area contributed by atoms with E-state index >= 15 is 0 Å². The van der Waals surface area contributed by atoms with Gasteiger partial charge < -0.3 is 41.9 Å². The van der Waals surface area contributed by atoms with Gasteiger partial charge in [0, 0.05) is 13.5 Å². The fourth-order valence-electron chi connectivity index (χ4n) is 5.51. The fourth-order valence-corrected chi connectivity index (χ4v) is 6.00. The van der Waals surface area contributed by atoms with Gasteiger partial charge >= 0.3 is 5.97 Å². The largest absolute Gasteiger partial charge is 0.478 e. The molecule has 1 aromatic carbocycles. The molecule has 1 rings (SSSR count). The lowest BCUT2D eigenvalue weighted by Gasteiger charge is -2.30. The Labute approximate surface area is 312 Å². The van der Waals surface area contributed by atoms with Crippen LogP contribution in [0.2, 0.25) is 0 Å². The number of aromatic carboxylic acids is 1. The average Bonchev–Trinajstić information content (AvgIpc) is 3.06. The lowest BCUT2D eigenvalue weighted by Crippen LogP contribution is -2.54. The molecule has 5 amide bonds. The second-order valence-electron chi connectivity index (χ2n) is 14.3. The van der Waals surface area contributed by atoms with E-state index in [9.17, 15) is 39.0 Å². The lowest BCUT2D eigenvalue weighted by molar-refractivity contribution is -0.132. The van der Waals surface area contributed by atoms with E-state index in [0.29, 0.717) is 30.6 Å². The van der Waals surface area contributed by atoms with Crippen LogP contribution < -0.4 is 26.6 Å². The lowest BCUT2D eigenvalue weighted by atomic mass is 9.93. The van der Waals surface area contributed by atoms with Gasteiger partial charge in [-0.1, -0.05) is 60.1 Å². The van der Waals surface area contributed by atoms with Crippen LogP contribution in [0, 0.1) is 17.8 Å². The van der Waals surface area contributed by atoms with Crippen LogP contribution in [0.1, 0.15) is 103 Å². The summed E-state index contributed by atoms with van der Waals surface area (Å²) in [6, 6.07) is 2.71. The molecule has 0 saturated carbocycles. The molecule has 0 aliphatic rings. The Hall–Kier alpha value is -3.69. The molecule has 0 bridgehead atoms.